The fourth-order valence-corrected chi connectivity index (χ4v) is 4.47. The third kappa shape index (κ3) is 4.77. The van der Waals surface area contributed by atoms with Gasteiger partial charge in [0.25, 0.3) is 10.0 Å². The van der Waals surface area contributed by atoms with Crippen LogP contribution in [0.1, 0.15) is 5.56 Å². The van der Waals surface area contributed by atoms with Gasteiger partial charge in [-0.1, -0.05) is 18.2 Å². The van der Waals surface area contributed by atoms with Gasteiger partial charge in [0.1, 0.15) is 9.96 Å². The Balaban J connectivity index is 1.52. The lowest BCUT2D eigenvalue weighted by Gasteiger charge is -2.09. The molecule has 0 saturated heterocycles. The first-order valence-corrected chi connectivity index (χ1v) is 10.5. The Morgan fingerprint density at radius 3 is 2.27 bits per heavy atom. The monoisotopic (exact) mass is 388 g/mol. The standard InChI is InChI=1S/C19H20N2O3S2/c1-24-18-10-4-15(5-11-18)12-13-20-16-6-8-17(9-7-16)21-26(22,23)19-3-2-14-25-19/h2-11,14,20-21H,12-13H2,1H3. The van der Waals surface area contributed by atoms with Gasteiger partial charge in [0.05, 0.1) is 7.11 Å². The van der Waals surface area contributed by atoms with Crippen LogP contribution in [0.4, 0.5) is 11.4 Å². The Kier molecular flexibility index (Phi) is 5.80. The molecule has 26 heavy (non-hydrogen) atoms. The van der Waals surface area contributed by atoms with Gasteiger partial charge in [-0.15, -0.1) is 11.3 Å². The first kappa shape index (κ1) is 18.3. The molecule has 0 spiro atoms. The number of benzene rings is 2. The lowest BCUT2D eigenvalue weighted by atomic mass is 10.1. The topological polar surface area (TPSA) is 67.4 Å². The zero-order chi connectivity index (χ0) is 18.4. The molecule has 0 radical (unpaired) electrons. The Morgan fingerprint density at radius 2 is 1.65 bits per heavy atom. The number of hydrogen-bond donors (Lipinski definition) is 2. The van der Waals surface area contributed by atoms with Crippen molar-refractivity contribution in [3.05, 3.63) is 71.6 Å². The molecule has 0 saturated carbocycles. The lowest BCUT2D eigenvalue weighted by Crippen LogP contribution is -2.11. The predicted octanol–water partition coefficient (Wildman–Crippen LogP) is 4.21. The Labute approximate surface area is 157 Å². The number of anilines is 2. The van der Waals surface area contributed by atoms with Crippen LogP contribution in [0.2, 0.25) is 0 Å². The third-order valence-corrected chi connectivity index (χ3v) is 6.58. The summed E-state index contributed by atoms with van der Waals surface area (Å²) >= 11 is 1.19. The van der Waals surface area contributed by atoms with E-state index in [4.69, 9.17) is 4.74 Å². The van der Waals surface area contributed by atoms with Crippen LogP contribution in [0.3, 0.4) is 0 Å². The molecule has 136 valence electrons. The smallest absolute Gasteiger partial charge is 0.271 e. The second-order valence-electron chi connectivity index (χ2n) is 5.64. The van der Waals surface area contributed by atoms with Crippen LogP contribution < -0.4 is 14.8 Å². The molecule has 0 amide bonds. The Morgan fingerprint density at radius 1 is 0.962 bits per heavy atom. The van der Waals surface area contributed by atoms with Crippen molar-refractivity contribution in [3.63, 3.8) is 0 Å². The van der Waals surface area contributed by atoms with Gasteiger partial charge in [-0.25, -0.2) is 8.42 Å². The van der Waals surface area contributed by atoms with Gasteiger partial charge in [0.15, 0.2) is 0 Å². The van der Waals surface area contributed by atoms with Crippen LogP contribution in [-0.2, 0) is 16.4 Å². The summed E-state index contributed by atoms with van der Waals surface area (Å²) in [4.78, 5) is 0. The van der Waals surface area contributed by atoms with Gasteiger partial charge >= 0.3 is 0 Å². The quantitative estimate of drug-likeness (QED) is 0.606. The number of ether oxygens (including phenoxy) is 1. The number of hydrogen-bond acceptors (Lipinski definition) is 5. The normalized spacial score (nSPS) is 11.1. The fourth-order valence-electron chi connectivity index (χ4n) is 2.42. The third-order valence-electron chi connectivity index (χ3n) is 3.80. The first-order valence-electron chi connectivity index (χ1n) is 8.10. The average Bonchev–Trinajstić information content (AvgIpc) is 3.19. The molecule has 2 aromatic carbocycles. The van der Waals surface area contributed by atoms with Gasteiger partial charge in [0, 0.05) is 17.9 Å². The molecule has 0 aliphatic carbocycles. The van der Waals surface area contributed by atoms with E-state index in [1.165, 1.54) is 16.9 Å². The zero-order valence-corrected chi connectivity index (χ0v) is 15.9. The van der Waals surface area contributed by atoms with E-state index in [9.17, 15) is 8.42 Å². The summed E-state index contributed by atoms with van der Waals surface area (Å²) in [6.07, 6.45) is 0.886. The minimum absolute atomic E-state index is 0.305. The van der Waals surface area contributed by atoms with E-state index in [1.807, 2.05) is 36.4 Å². The second-order valence-corrected chi connectivity index (χ2v) is 8.50. The molecule has 0 fully saturated rings. The molecular formula is C19H20N2O3S2. The molecular weight excluding hydrogens is 368 g/mol. The average molecular weight is 389 g/mol. The van der Waals surface area contributed by atoms with Crippen LogP contribution in [-0.4, -0.2) is 22.1 Å². The largest absolute Gasteiger partial charge is 0.497 e. The molecule has 3 aromatic rings. The SMILES string of the molecule is COc1ccc(CCNc2ccc(NS(=O)(=O)c3cccs3)cc2)cc1. The maximum atomic E-state index is 12.2. The van der Waals surface area contributed by atoms with Crippen molar-refractivity contribution in [2.24, 2.45) is 0 Å². The highest BCUT2D eigenvalue weighted by atomic mass is 32.2. The van der Waals surface area contributed by atoms with Crippen molar-refractivity contribution in [3.8, 4) is 5.75 Å². The van der Waals surface area contributed by atoms with E-state index >= 15 is 0 Å². The molecule has 0 atom stereocenters. The van der Waals surface area contributed by atoms with Gasteiger partial charge in [-0.2, -0.15) is 0 Å². The van der Waals surface area contributed by atoms with Crippen LogP contribution in [0.15, 0.2) is 70.3 Å². The summed E-state index contributed by atoms with van der Waals surface area (Å²) in [7, 11) is -1.85. The number of nitrogens with one attached hydrogen (secondary N) is 2. The van der Waals surface area contributed by atoms with Crippen molar-refractivity contribution in [2.45, 2.75) is 10.6 Å². The number of thiophene rings is 1. The molecule has 2 N–H and O–H groups in total. The van der Waals surface area contributed by atoms with Crippen LogP contribution >= 0.6 is 11.3 Å². The molecule has 0 aliphatic rings. The van der Waals surface area contributed by atoms with Crippen molar-refractivity contribution < 1.29 is 13.2 Å². The molecule has 7 heteroatoms. The molecule has 0 bridgehead atoms. The van der Waals surface area contributed by atoms with Gasteiger partial charge in [-0.3, -0.25) is 4.72 Å². The second kappa shape index (κ2) is 8.25. The molecule has 3 rings (SSSR count). The van der Waals surface area contributed by atoms with E-state index in [0.717, 1.165) is 24.4 Å². The maximum Gasteiger partial charge on any atom is 0.271 e. The predicted molar refractivity (Wildman–Crippen MR) is 107 cm³/mol. The molecule has 0 aliphatic heterocycles. The summed E-state index contributed by atoms with van der Waals surface area (Å²) in [5, 5.41) is 5.07. The minimum atomic E-state index is -3.50. The maximum absolute atomic E-state index is 12.2. The summed E-state index contributed by atoms with van der Waals surface area (Å²) in [6, 6.07) is 18.5. The highest BCUT2D eigenvalue weighted by Crippen LogP contribution is 2.21. The summed E-state index contributed by atoms with van der Waals surface area (Å²) < 4.78 is 32.4. The van der Waals surface area contributed by atoms with E-state index in [2.05, 4.69) is 10.0 Å². The molecule has 5 nitrogen and oxygen atoms in total. The summed E-state index contributed by atoms with van der Waals surface area (Å²) in [5.41, 5.74) is 2.70. The van der Waals surface area contributed by atoms with E-state index in [-0.39, 0.29) is 0 Å². The van der Waals surface area contributed by atoms with Crippen molar-refractivity contribution in [1.29, 1.82) is 0 Å². The Hall–Kier alpha value is -2.51. The fraction of sp³-hybridized carbons (Fsp3) is 0.158. The zero-order valence-electron chi connectivity index (χ0n) is 14.3. The number of rotatable bonds is 8. The lowest BCUT2D eigenvalue weighted by molar-refractivity contribution is 0.414. The van der Waals surface area contributed by atoms with Crippen LogP contribution in [0.25, 0.3) is 0 Å². The van der Waals surface area contributed by atoms with Gasteiger partial charge < -0.3 is 10.1 Å². The van der Waals surface area contributed by atoms with Crippen LogP contribution in [0, 0.1) is 0 Å². The van der Waals surface area contributed by atoms with Crippen molar-refractivity contribution in [1.82, 2.24) is 0 Å². The minimum Gasteiger partial charge on any atom is -0.497 e. The number of sulfonamides is 1. The Bertz CT molecular complexity index is 920. The highest BCUT2D eigenvalue weighted by molar-refractivity contribution is 7.94. The first-order chi connectivity index (χ1) is 12.6. The van der Waals surface area contributed by atoms with Crippen LogP contribution in [0.5, 0.6) is 5.75 Å². The molecule has 0 unspecified atom stereocenters. The van der Waals surface area contributed by atoms with Crippen molar-refractivity contribution in [2.75, 3.05) is 23.7 Å². The van der Waals surface area contributed by atoms with E-state index < -0.39 is 10.0 Å². The van der Waals surface area contributed by atoms with E-state index in [0.29, 0.717) is 9.90 Å². The van der Waals surface area contributed by atoms with Gasteiger partial charge in [0.2, 0.25) is 0 Å². The molecule has 1 aromatic heterocycles. The highest BCUT2D eigenvalue weighted by Gasteiger charge is 2.14. The van der Waals surface area contributed by atoms with Gasteiger partial charge in [-0.05, 0) is 59.8 Å². The van der Waals surface area contributed by atoms with Crippen molar-refractivity contribution >= 4 is 32.7 Å². The number of methoxy groups -OCH3 is 1. The molecule has 1 heterocycles. The summed E-state index contributed by atoms with van der Waals surface area (Å²) in [6.45, 7) is 0.784. The van der Waals surface area contributed by atoms with E-state index in [1.54, 1.807) is 36.8 Å². The summed E-state index contributed by atoms with van der Waals surface area (Å²) in [5.74, 6) is 0.849.